The lowest BCUT2D eigenvalue weighted by atomic mass is 9.81. The Bertz CT molecular complexity index is 447. The van der Waals surface area contributed by atoms with Crippen molar-refractivity contribution < 1.29 is 15.0 Å². The molecule has 0 aliphatic rings. The molecule has 0 aliphatic carbocycles. The van der Waals surface area contributed by atoms with Crippen molar-refractivity contribution in [2.75, 3.05) is 0 Å². The Balaban J connectivity index is 3.37. The molecular formula is C13H19NO3. The van der Waals surface area contributed by atoms with Crippen LogP contribution in [-0.4, -0.2) is 16.2 Å². The van der Waals surface area contributed by atoms with Gasteiger partial charge in [0.05, 0.1) is 5.56 Å². The molecule has 94 valence electrons. The molecule has 0 fully saturated rings. The Morgan fingerprint density at radius 1 is 1.35 bits per heavy atom. The van der Waals surface area contributed by atoms with E-state index in [9.17, 15) is 9.90 Å². The van der Waals surface area contributed by atoms with Crippen molar-refractivity contribution in [3.63, 3.8) is 0 Å². The summed E-state index contributed by atoms with van der Waals surface area (Å²) in [6, 6.07) is 2.47. The van der Waals surface area contributed by atoms with Crippen LogP contribution in [-0.2, 0) is 0 Å². The van der Waals surface area contributed by atoms with Crippen LogP contribution in [0, 0.1) is 12.3 Å². The van der Waals surface area contributed by atoms with Gasteiger partial charge in [-0.25, -0.2) is 4.79 Å². The van der Waals surface area contributed by atoms with E-state index in [0.717, 1.165) is 0 Å². The van der Waals surface area contributed by atoms with Gasteiger partial charge in [-0.2, -0.15) is 0 Å². The van der Waals surface area contributed by atoms with Gasteiger partial charge in [0.15, 0.2) is 0 Å². The van der Waals surface area contributed by atoms with Gasteiger partial charge in [-0.05, 0) is 30.0 Å². The zero-order valence-electron chi connectivity index (χ0n) is 10.6. The molecule has 0 bridgehead atoms. The first-order valence-electron chi connectivity index (χ1n) is 5.47. The normalized spacial score (nSPS) is 13.5. The lowest BCUT2D eigenvalue weighted by molar-refractivity contribution is 0.0696. The van der Waals surface area contributed by atoms with Gasteiger partial charge in [-0.1, -0.05) is 20.8 Å². The molecule has 1 atom stereocenters. The van der Waals surface area contributed by atoms with Crippen molar-refractivity contribution in [2.24, 2.45) is 11.1 Å². The molecule has 0 aliphatic heterocycles. The summed E-state index contributed by atoms with van der Waals surface area (Å²) in [5.41, 5.74) is 6.97. The SMILES string of the molecule is Cc1cc(C(=O)O)cc([C@@H](N)C(C)(C)C)c1O. The molecule has 4 nitrogen and oxygen atoms in total. The highest BCUT2D eigenvalue weighted by Crippen LogP contribution is 2.37. The molecule has 17 heavy (non-hydrogen) atoms. The molecule has 0 amide bonds. The molecule has 0 unspecified atom stereocenters. The van der Waals surface area contributed by atoms with E-state index in [0.29, 0.717) is 11.1 Å². The van der Waals surface area contributed by atoms with Crippen molar-refractivity contribution in [3.8, 4) is 5.75 Å². The van der Waals surface area contributed by atoms with Crippen LogP contribution in [0.1, 0.15) is 48.3 Å². The number of carboxylic acid groups (broad SMARTS) is 1. The summed E-state index contributed by atoms with van der Waals surface area (Å²) in [6.45, 7) is 7.50. The molecule has 1 aromatic rings. The molecule has 0 aromatic heterocycles. The monoisotopic (exact) mass is 237 g/mol. The Hall–Kier alpha value is -1.55. The first-order chi connectivity index (χ1) is 7.64. The molecule has 0 radical (unpaired) electrons. The van der Waals surface area contributed by atoms with Crippen LogP contribution < -0.4 is 5.73 Å². The van der Waals surface area contributed by atoms with Crippen LogP contribution in [0.2, 0.25) is 0 Å². The molecule has 0 heterocycles. The number of carbonyl (C=O) groups is 1. The summed E-state index contributed by atoms with van der Waals surface area (Å²) in [5.74, 6) is -0.937. The summed E-state index contributed by atoms with van der Waals surface area (Å²) in [4.78, 5) is 11.0. The maximum atomic E-state index is 11.0. The average molecular weight is 237 g/mol. The second kappa shape index (κ2) is 4.37. The summed E-state index contributed by atoms with van der Waals surface area (Å²) in [7, 11) is 0. The quantitative estimate of drug-likeness (QED) is 0.737. The van der Waals surface area contributed by atoms with Crippen molar-refractivity contribution in [1.82, 2.24) is 0 Å². The highest BCUT2D eigenvalue weighted by Gasteiger charge is 2.26. The molecule has 4 N–H and O–H groups in total. The van der Waals surface area contributed by atoms with Crippen molar-refractivity contribution in [3.05, 3.63) is 28.8 Å². The second-order valence-electron chi connectivity index (χ2n) is 5.38. The van der Waals surface area contributed by atoms with Crippen LogP contribution >= 0.6 is 0 Å². The van der Waals surface area contributed by atoms with E-state index in [-0.39, 0.29) is 16.7 Å². The number of nitrogens with two attached hydrogens (primary N) is 1. The molecule has 1 aromatic carbocycles. The number of phenolic OH excluding ortho intramolecular Hbond substituents is 1. The molecule has 0 saturated heterocycles. The zero-order chi connectivity index (χ0) is 13.4. The van der Waals surface area contributed by atoms with Gasteiger partial charge in [-0.3, -0.25) is 0 Å². The zero-order valence-corrected chi connectivity index (χ0v) is 10.6. The number of aromatic carboxylic acids is 1. The minimum Gasteiger partial charge on any atom is -0.507 e. The first kappa shape index (κ1) is 13.5. The van der Waals surface area contributed by atoms with Gasteiger partial charge in [0.25, 0.3) is 0 Å². The number of benzene rings is 1. The van der Waals surface area contributed by atoms with Crippen LogP contribution in [0.5, 0.6) is 5.75 Å². The van der Waals surface area contributed by atoms with E-state index in [1.165, 1.54) is 12.1 Å². The Labute approximate surface area is 101 Å². The lowest BCUT2D eigenvalue weighted by Crippen LogP contribution is -2.26. The number of aromatic hydroxyl groups is 1. The third kappa shape index (κ3) is 2.77. The van der Waals surface area contributed by atoms with E-state index in [2.05, 4.69) is 0 Å². The molecule has 1 rings (SSSR count). The third-order valence-corrected chi connectivity index (χ3v) is 2.84. The predicted octanol–water partition coefficient (Wildman–Crippen LogP) is 2.44. The fraction of sp³-hybridized carbons (Fsp3) is 0.462. The Morgan fingerprint density at radius 2 is 1.88 bits per heavy atom. The number of hydrogen-bond acceptors (Lipinski definition) is 3. The van der Waals surface area contributed by atoms with E-state index >= 15 is 0 Å². The first-order valence-corrected chi connectivity index (χ1v) is 5.47. The van der Waals surface area contributed by atoms with E-state index in [1.54, 1.807) is 6.92 Å². The maximum Gasteiger partial charge on any atom is 0.335 e. The maximum absolute atomic E-state index is 11.0. The Kier molecular flexibility index (Phi) is 3.48. The highest BCUT2D eigenvalue weighted by molar-refractivity contribution is 5.88. The summed E-state index contributed by atoms with van der Waals surface area (Å²) < 4.78 is 0. The number of phenols is 1. The molecule has 0 spiro atoms. The number of aryl methyl sites for hydroxylation is 1. The van der Waals surface area contributed by atoms with E-state index in [1.807, 2.05) is 20.8 Å². The second-order valence-corrected chi connectivity index (χ2v) is 5.38. The third-order valence-electron chi connectivity index (χ3n) is 2.84. The van der Waals surface area contributed by atoms with Crippen molar-refractivity contribution in [2.45, 2.75) is 33.7 Å². The van der Waals surface area contributed by atoms with Gasteiger partial charge < -0.3 is 15.9 Å². The van der Waals surface area contributed by atoms with E-state index < -0.39 is 12.0 Å². The fourth-order valence-corrected chi connectivity index (χ4v) is 1.63. The highest BCUT2D eigenvalue weighted by atomic mass is 16.4. The molecule has 0 saturated carbocycles. The lowest BCUT2D eigenvalue weighted by Gasteiger charge is -2.28. The van der Waals surface area contributed by atoms with Gasteiger partial charge >= 0.3 is 5.97 Å². The topological polar surface area (TPSA) is 83.5 Å². The predicted molar refractivity (Wildman–Crippen MR) is 66.2 cm³/mol. The number of rotatable bonds is 2. The summed E-state index contributed by atoms with van der Waals surface area (Å²) >= 11 is 0. The average Bonchev–Trinajstić information content (AvgIpc) is 2.19. The van der Waals surface area contributed by atoms with E-state index in [4.69, 9.17) is 10.8 Å². The van der Waals surface area contributed by atoms with Crippen LogP contribution in [0.25, 0.3) is 0 Å². The van der Waals surface area contributed by atoms with Crippen LogP contribution in [0.4, 0.5) is 0 Å². The number of carboxylic acids is 1. The van der Waals surface area contributed by atoms with Gasteiger partial charge in [0.1, 0.15) is 5.75 Å². The van der Waals surface area contributed by atoms with Crippen molar-refractivity contribution in [1.29, 1.82) is 0 Å². The molecule has 4 heteroatoms. The van der Waals surface area contributed by atoms with Crippen LogP contribution in [0.15, 0.2) is 12.1 Å². The van der Waals surface area contributed by atoms with Gasteiger partial charge in [0.2, 0.25) is 0 Å². The van der Waals surface area contributed by atoms with Crippen LogP contribution in [0.3, 0.4) is 0 Å². The van der Waals surface area contributed by atoms with Crippen molar-refractivity contribution >= 4 is 5.97 Å². The summed E-state index contributed by atoms with van der Waals surface area (Å²) in [6.07, 6.45) is 0. The van der Waals surface area contributed by atoms with Gasteiger partial charge in [0, 0.05) is 11.6 Å². The number of hydrogen-bond donors (Lipinski definition) is 3. The fourth-order valence-electron chi connectivity index (χ4n) is 1.63. The largest absolute Gasteiger partial charge is 0.507 e. The standard InChI is InChI=1S/C13H19NO3/c1-7-5-8(12(16)17)6-9(10(7)15)11(14)13(2,3)4/h5-6,11,15H,14H2,1-4H3,(H,16,17)/t11-/m1/s1. The smallest absolute Gasteiger partial charge is 0.335 e. The minimum absolute atomic E-state index is 0.0809. The Morgan fingerprint density at radius 3 is 2.29 bits per heavy atom. The minimum atomic E-state index is -1.02. The summed E-state index contributed by atoms with van der Waals surface area (Å²) in [5, 5.41) is 19.0. The van der Waals surface area contributed by atoms with Gasteiger partial charge in [-0.15, -0.1) is 0 Å². The molecular weight excluding hydrogens is 218 g/mol.